The Hall–Kier alpha value is -3.57. The van der Waals surface area contributed by atoms with Crippen LogP contribution in [0, 0.1) is 5.95 Å². The number of benzene rings is 1. The quantitative estimate of drug-likeness (QED) is 0.378. The number of amides is 1. The van der Waals surface area contributed by atoms with Crippen molar-refractivity contribution in [3.63, 3.8) is 0 Å². The second-order valence-corrected chi connectivity index (χ2v) is 9.40. The lowest BCUT2D eigenvalue weighted by Gasteiger charge is -2.12. The Morgan fingerprint density at radius 1 is 1.24 bits per heavy atom. The van der Waals surface area contributed by atoms with Crippen molar-refractivity contribution in [2.75, 3.05) is 30.4 Å². The number of halogens is 1. The zero-order valence-electron chi connectivity index (χ0n) is 18.2. The Morgan fingerprint density at radius 2 is 2.15 bits per heavy atom. The summed E-state index contributed by atoms with van der Waals surface area (Å²) >= 11 is 1.46. The first kappa shape index (κ1) is 21.0. The number of rotatable bonds is 4. The third-order valence-electron chi connectivity index (χ3n) is 5.78. The van der Waals surface area contributed by atoms with Gasteiger partial charge in [0, 0.05) is 34.5 Å². The van der Waals surface area contributed by atoms with E-state index < -0.39 is 5.95 Å². The second-order valence-electron chi connectivity index (χ2n) is 8.34. The Balaban J connectivity index is 1.33. The number of aromatic nitrogens is 3. The van der Waals surface area contributed by atoms with E-state index in [1.165, 1.54) is 11.3 Å². The Labute approximate surface area is 197 Å². The fraction of sp³-hybridized carbons (Fsp3) is 0.304. The molecule has 0 aliphatic carbocycles. The molecule has 3 aromatic heterocycles. The number of fused-ring (bicyclic) bond motifs is 5. The van der Waals surface area contributed by atoms with Crippen molar-refractivity contribution >= 4 is 55.7 Å². The van der Waals surface area contributed by atoms with Crippen LogP contribution in [0.5, 0.6) is 5.88 Å². The summed E-state index contributed by atoms with van der Waals surface area (Å²) in [5, 5.41) is 11.3. The van der Waals surface area contributed by atoms with Crippen molar-refractivity contribution in [2.24, 2.45) is 0 Å². The van der Waals surface area contributed by atoms with Crippen LogP contribution in [-0.2, 0) is 4.74 Å². The van der Waals surface area contributed by atoms with E-state index in [0.29, 0.717) is 30.5 Å². The van der Waals surface area contributed by atoms with Crippen molar-refractivity contribution in [3.8, 4) is 5.88 Å². The first-order valence-corrected chi connectivity index (χ1v) is 11.8. The van der Waals surface area contributed by atoms with Crippen LogP contribution in [0.1, 0.15) is 23.0 Å². The minimum atomic E-state index is -0.701. The van der Waals surface area contributed by atoms with Gasteiger partial charge in [-0.2, -0.15) is 14.4 Å². The zero-order chi connectivity index (χ0) is 23.2. The first-order chi connectivity index (χ1) is 16.5. The monoisotopic (exact) mass is 480 g/mol. The molecule has 174 valence electrons. The first-order valence-electron chi connectivity index (χ1n) is 11.0. The SMILES string of the molecule is C[C@@H]1CNc2c(sc3ccc4nc(Nc5nc(F)cc(O[C@H]6CCOC6)n5)ccc4c23)C(=O)N1. The van der Waals surface area contributed by atoms with Gasteiger partial charge in [0.1, 0.15) is 16.8 Å². The number of hydrogen-bond acceptors (Lipinski definition) is 9. The van der Waals surface area contributed by atoms with Gasteiger partial charge in [0.2, 0.25) is 17.8 Å². The average molecular weight is 481 g/mol. The number of pyridine rings is 1. The zero-order valence-corrected chi connectivity index (χ0v) is 19.0. The van der Waals surface area contributed by atoms with Crippen LogP contribution in [-0.4, -0.2) is 52.8 Å². The molecule has 0 spiro atoms. The van der Waals surface area contributed by atoms with Crippen LogP contribution in [0.25, 0.3) is 21.0 Å². The molecule has 34 heavy (non-hydrogen) atoms. The standard InChI is InChI=1S/C23H21FN6O3S/c1-11-9-25-20-19-13-2-5-17(27-14(13)3-4-15(19)34-21(20)22(31)26-11)29-23-28-16(24)8-18(30-23)33-12-6-7-32-10-12/h2-5,8,11-12,25H,6-7,9-10H2,1H3,(H,26,31)(H,27,28,29,30)/t11-,12+/m1/s1. The number of thiophene rings is 1. The van der Waals surface area contributed by atoms with Crippen LogP contribution in [0.4, 0.5) is 21.8 Å². The molecule has 0 saturated carbocycles. The lowest BCUT2D eigenvalue weighted by atomic mass is 10.1. The fourth-order valence-electron chi connectivity index (χ4n) is 4.20. The molecule has 6 rings (SSSR count). The number of nitrogens with one attached hydrogen (secondary N) is 3. The summed E-state index contributed by atoms with van der Waals surface area (Å²) in [6.45, 7) is 3.68. The summed E-state index contributed by atoms with van der Waals surface area (Å²) < 4.78 is 26.1. The predicted molar refractivity (Wildman–Crippen MR) is 128 cm³/mol. The lowest BCUT2D eigenvalue weighted by molar-refractivity contribution is 0.0949. The van der Waals surface area contributed by atoms with E-state index in [1.54, 1.807) is 6.07 Å². The molecule has 5 heterocycles. The Kier molecular flexibility index (Phi) is 5.15. The molecule has 0 bridgehead atoms. The molecule has 3 N–H and O–H groups in total. The van der Waals surface area contributed by atoms with Gasteiger partial charge in [-0.15, -0.1) is 11.3 Å². The van der Waals surface area contributed by atoms with E-state index in [0.717, 1.165) is 39.2 Å². The molecular formula is C23H21FN6O3S. The van der Waals surface area contributed by atoms with Gasteiger partial charge in [0.05, 0.1) is 30.5 Å². The number of anilines is 3. The van der Waals surface area contributed by atoms with E-state index in [1.807, 2.05) is 25.1 Å². The summed E-state index contributed by atoms with van der Waals surface area (Å²) in [5.74, 6) is -0.105. The summed E-state index contributed by atoms with van der Waals surface area (Å²) in [7, 11) is 0. The maximum atomic E-state index is 14.1. The van der Waals surface area contributed by atoms with Crippen molar-refractivity contribution < 1.29 is 18.7 Å². The van der Waals surface area contributed by atoms with Gasteiger partial charge < -0.3 is 25.4 Å². The Bertz CT molecular complexity index is 1420. The van der Waals surface area contributed by atoms with E-state index in [2.05, 4.69) is 30.9 Å². The highest BCUT2D eigenvalue weighted by Crippen LogP contribution is 2.41. The number of carbonyl (C=O) groups is 1. The predicted octanol–water partition coefficient (Wildman–Crippen LogP) is 3.83. The lowest BCUT2D eigenvalue weighted by Crippen LogP contribution is -2.34. The molecule has 9 nitrogen and oxygen atoms in total. The summed E-state index contributed by atoms with van der Waals surface area (Å²) in [5.41, 5.74) is 1.56. The number of ether oxygens (including phenoxy) is 2. The minimum Gasteiger partial charge on any atom is -0.472 e. The maximum absolute atomic E-state index is 14.1. The highest BCUT2D eigenvalue weighted by atomic mass is 32.1. The molecule has 2 aliphatic rings. The van der Waals surface area contributed by atoms with Crippen LogP contribution >= 0.6 is 11.3 Å². The highest BCUT2D eigenvalue weighted by Gasteiger charge is 2.25. The highest BCUT2D eigenvalue weighted by molar-refractivity contribution is 7.21. The van der Waals surface area contributed by atoms with Crippen molar-refractivity contribution in [2.45, 2.75) is 25.5 Å². The molecule has 4 aromatic rings. The molecule has 0 unspecified atom stereocenters. The van der Waals surface area contributed by atoms with Crippen molar-refractivity contribution in [1.29, 1.82) is 0 Å². The molecule has 1 amide bonds. The number of nitrogens with zero attached hydrogens (tertiary/aromatic N) is 3. The van der Waals surface area contributed by atoms with E-state index in [9.17, 15) is 9.18 Å². The molecule has 1 saturated heterocycles. The van der Waals surface area contributed by atoms with Gasteiger partial charge in [-0.05, 0) is 31.2 Å². The summed E-state index contributed by atoms with van der Waals surface area (Å²) in [4.78, 5) is 26.0. The molecule has 1 fully saturated rings. The van der Waals surface area contributed by atoms with E-state index >= 15 is 0 Å². The molecular weight excluding hydrogens is 459 g/mol. The number of hydrogen-bond donors (Lipinski definition) is 3. The molecule has 2 aliphatic heterocycles. The summed E-state index contributed by atoms with van der Waals surface area (Å²) in [6, 6.07) is 8.76. The van der Waals surface area contributed by atoms with Crippen molar-refractivity contribution in [3.05, 3.63) is 41.2 Å². The normalized spacial score (nSPS) is 20.0. The third-order valence-corrected chi connectivity index (χ3v) is 6.93. The molecule has 0 radical (unpaired) electrons. The smallest absolute Gasteiger partial charge is 0.263 e. The fourth-order valence-corrected chi connectivity index (χ4v) is 5.30. The van der Waals surface area contributed by atoms with E-state index in [-0.39, 0.29) is 29.9 Å². The molecule has 2 atom stereocenters. The maximum Gasteiger partial charge on any atom is 0.263 e. The molecule has 11 heteroatoms. The number of carbonyl (C=O) groups excluding carboxylic acids is 1. The van der Waals surface area contributed by atoms with Gasteiger partial charge in [-0.25, -0.2) is 4.98 Å². The minimum absolute atomic E-state index is 0.0346. The average Bonchev–Trinajstić information content (AvgIpc) is 3.42. The largest absolute Gasteiger partial charge is 0.472 e. The van der Waals surface area contributed by atoms with Crippen LogP contribution in [0.2, 0.25) is 0 Å². The third kappa shape index (κ3) is 3.86. The van der Waals surface area contributed by atoms with Crippen LogP contribution < -0.4 is 20.7 Å². The topological polar surface area (TPSA) is 110 Å². The second kappa shape index (κ2) is 8.33. The Morgan fingerprint density at radius 3 is 3.00 bits per heavy atom. The molecule has 1 aromatic carbocycles. The van der Waals surface area contributed by atoms with Crippen LogP contribution in [0.3, 0.4) is 0 Å². The van der Waals surface area contributed by atoms with Crippen molar-refractivity contribution in [1.82, 2.24) is 20.3 Å². The van der Waals surface area contributed by atoms with E-state index in [4.69, 9.17) is 9.47 Å². The van der Waals surface area contributed by atoms with Gasteiger partial charge in [-0.1, -0.05) is 0 Å². The summed E-state index contributed by atoms with van der Waals surface area (Å²) in [6.07, 6.45) is 0.583. The van der Waals surface area contributed by atoms with Gasteiger partial charge in [0.25, 0.3) is 5.91 Å². The van der Waals surface area contributed by atoms with Gasteiger partial charge in [0.15, 0.2) is 0 Å². The van der Waals surface area contributed by atoms with Crippen LogP contribution in [0.15, 0.2) is 30.3 Å². The van der Waals surface area contributed by atoms with Gasteiger partial charge >= 0.3 is 0 Å². The van der Waals surface area contributed by atoms with Gasteiger partial charge in [-0.3, -0.25) is 4.79 Å².